The molecular formula is C28H36O8. The zero-order valence-electron chi connectivity index (χ0n) is 21.4. The lowest BCUT2D eigenvalue weighted by Crippen LogP contribution is -2.54. The number of hydrogen-bond donors (Lipinski definition) is 0. The summed E-state index contributed by atoms with van der Waals surface area (Å²) in [7, 11) is 3.31. The molecule has 0 spiro atoms. The molecule has 0 radical (unpaired) electrons. The number of hydrogen-bond acceptors (Lipinski definition) is 8. The van der Waals surface area contributed by atoms with Gasteiger partial charge in [-0.05, 0) is 51.0 Å². The SMILES string of the molecule is COc1ccc([C@@H]2OCC[C@H]([C@@H]3C[C@H]([C@@H]4CCO[C@H](c5ccc(OC)cc5)O4)OC(C)(C)O3)O2)cc1. The van der Waals surface area contributed by atoms with E-state index in [2.05, 4.69) is 0 Å². The number of benzene rings is 2. The van der Waals surface area contributed by atoms with Gasteiger partial charge in [0.2, 0.25) is 0 Å². The van der Waals surface area contributed by atoms with Crippen LogP contribution in [0.4, 0.5) is 0 Å². The Morgan fingerprint density at radius 3 is 1.44 bits per heavy atom. The van der Waals surface area contributed by atoms with Crippen LogP contribution in [0.25, 0.3) is 0 Å². The second kappa shape index (κ2) is 11.0. The number of rotatable bonds is 6. The lowest BCUT2D eigenvalue weighted by atomic mass is 9.96. The summed E-state index contributed by atoms with van der Waals surface area (Å²) < 4.78 is 48.0. The highest BCUT2D eigenvalue weighted by Gasteiger charge is 2.45. The highest BCUT2D eigenvalue weighted by atomic mass is 16.7. The fourth-order valence-corrected chi connectivity index (χ4v) is 5.07. The van der Waals surface area contributed by atoms with Crippen molar-refractivity contribution < 1.29 is 37.9 Å². The van der Waals surface area contributed by atoms with Crippen LogP contribution in [0.2, 0.25) is 0 Å². The fraction of sp³-hybridized carbons (Fsp3) is 0.571. The molecule has 8 nitrogen and oxygen atoms in total. The highest BCUT2D eigenvalue weighted by Crippen LogP contribution is 2.39. The van der Waals surface area contributed by atoms with Gasteiger partial charge in [-0.15, -0.1) is 0 Å². The average Bonchev–Trinajstić information content (AvgIpc) is 2.92. The molecule has 5 rings (SSSR count). The first-order valence-electron chi connectivity index (χ1n) is 12.6. The van der Waals surface area contributed by atoms with Crippen LogP contribution in [0.5, 0.6) is 11.5 Å². The molecule has 0 bridgehead atoms. The van der Waals surface area contributed by atoms with E-state index < -0.39 is 18.4 Å². The maximum absolute atomic E-state index is 6.41. The summed E-state index contributed by atoms with van der Waals surface area (Å²) in [5.41, 5.74) is 1.91. The van der Waals surface area contributed by atoms with Crippen LogP contribution in [-0.2, 0) is 28.4 Å². The Hall–Kier alpha value is -2.20. The Morgan fingerprint density at radius 1 is 0.639 bits per heavy atom. The summed E-state index contributed by atoms with van der Waals surface area (Å²) in [4.78, 5) is 0. The van der Waals surface area contributed by atoms with E-state index in [1.54, 1.807) is 14.2 Å². The zero-order valence-corrected chi connectivity index (χ0v) is 21.4. The van der Waals surface area contributed by atoms with Crippen LogP contribution in [-0.4, -0.2) is 57.6 Å². The van der Waals surface area contributed by atoms with Crippen LogP contribution in [0, 0.1) is 0 Å². The number of ether oxygens (including phenoxy) is 8. The van der Waals surface area contributed by atoms with Gasteiger partial charge in [0.05, 0.1) is 51.8 Å². The van der Waals surface area contributed by atoms with E-state index in [1.807, 2.05) is 62.4 Å². The van der Waals surface area contributed by atoms with Gasteiger partial charge < -0.3 is 37.9 Å². The van der Waals surface area contributed by atoms with Crippen molar-refractivity contribution in [2.24, 2.45) is 0 Å². The predicted molar refractivity (Wildman–Crippen MR) is 131 cm³/mol. The van der Waals surface area contributed by atoms with E-state index in [-0.39, 0.29) is 24.4 Å². The third-order valence-corrected chi connectivity index (χ3v) is 6.88. The molecule has 3 aliphatic rings. The third-order valence-electron chi connectivity index (χ3n) is 6.88. The largest absolute Gasteiger partial charge is 0.497 e. The molecule has 0 saturated carbocycles. The minimum atomic E-state index is -0.762. The summed E-state index contributed by atoms with van der Waals surface area (Å²) in [6.45, 7) is 5.10. The van der Waals surface area contributed by atoms with E-state index in [4.69, 9.17) is 37.9 Å². The molecule has 3 heterocycles. The molecule has 3 fully saturated rings. The Labute approximate surface area is 212 Å². The van der Waals surface area contributed by atoms with Gasteiger partial charge in [-0.1, -0.05) is 24.3 Å². The molecule has 0 aliphatic carbocycles. The summed E-state index contributed by atoms with van der Waals surface area (Å²) in [5, 5.41) is 0. The first-order chi connectivity index (χ1) is 17.4. The minimum Gasteiger partial charge on any atom is -0.497 e. The van der Waals surface area contributed by atoms with Gasteiger partial charge in [-0.2, -0.15) is 0 Å². The summed E-state index contributed by atoms with van der Waals surface area (Å²) >= 11 is 0. The van der Waals surface area contributed by atoms with Gasteiger partial charge in [0, 0.05) is 17.5 Å². The predicted octanol–water partition coefficient (Wildman–Crippen LogP) is 4.92. The standard InChI is InChI=1S/C28H36O8/c1-28(2)35-24(22-13-15-31-26(33-22)18-5-9-20(29-3)10-6-18)17-25(36-28)23-14-16-32-27(34-23)19-7-11-21(30-4)12-8-19/h5-12,22-27H,13-17H2,1-4H3/t22-,23+,24+,25-,26-,27+. The molecule has 0 amide bonds. The second-order valence-corrected chi connectivity index (χ2v) is 9.83. The van der Waals surface area contributed by atoms with Gasteiger partial charge in [-0.3, -0.25) is 0 Å². The molecule has 0 unspecified atom stereocenters. The normalized spacial score (nSPS) is 32.6. The minimum absolute atomic E-state index is 0.117. The van der Waals surface area contributed by atoms with E-state index in [0.717, 1.165) is 35.5 Å². The molecule has 0 N–H and O–H groups in total. The zero-order chi connectivity index (χ0) is 25.1. The fourth-order valence-electron chi connectivity index (χ4n) is 5.07. The van der Waals surface area contributed by atoms with Crippen molar-refractivity contribution in [3.05, 3.63) is 59.7 Å². The van der Waals surface area contributed by atoms with Crippen molar-refractivity contribution >= 4 is 0 Å². The van der Waals surface area contributed by atoms with Gasteiger partial charge >= 0.3 is 0 Å². The van der Waals surface area contributed by atoms with Gasteiger partial charge in [0.15, 0.2) is 18.4 Å². The molecular weight excluding hydrogens is 464 g/mol. The summed E-state index contributed by atoms with van der Waals surface area (Å²) in [5.74, 6) is 0.836. The van der Waals surface area contributed by atoms with Crippen molar-refractivity contribution in [1.29, 1.82) is 0 Å². The topological polar surface area (TPSA) is 73.8 Å². The van der Waals surface area contributed by atoms with E-state index >= 15 is 0 Å². The molecule has 196 valence electrons. The molecule has 8 heteroatoms. The smallest absolute Gasteiger partial charge is 0.184 e. The van der Waals surface area contributed by atoms with Crippen molar-refractivity contribution in [2.45, 2.75) is 75.9 Å². The monoisotopic (exact) mass is 500 g/mol. The summed E-state index contributed by atoms with van der Waals surface area (Å²) in [6, 6.07) is 15.5. The maximum atomic E-state index is 6.41. The lowest BCUT2D eigenvalue weighted by molar-refractivity contribution is -0.357. The summed E-state index contributed by atoms with van der Waals surface area (Å²) in [6.07, 6.45) is 0.768. The molecule has 6 atom stereocenters. The molecule has 2 aromatic carbocycles. The van der Waals surface area contributed by atoms with Crippen molar-refractivity contribution in [2.75, 3.05) is 27.4 Å². The quantitative estimate of drug-likeness (QED) is 0.553. The molecule has 3 aliphatic heterocycles. The van der Waals surface area contributed by atoms with Crippen molar-refractivity contribution in [3.8, 4) is 11.5 Å². The first kappa shape index (κ1) is 25.4. The lowest BCUT2D eigenvalue weighted by Gasteiger charge is -2.47. The maximum Gasteiger partial charge on any atom is 0.184 e. The van der Waals surface area contributed by atoms with E-state index in [9.17, 15) is 0 Å². The van der Waals surface area contributed by atoms with Crippen molar-refractivity contribution in [3.63, 3.8) is 0 Å². The van der Waals surface area contributed by atoms with Crippen LogP contribution in [0.3, 0.4) is 0 Å². The highest BCUT2D eigenvalue weighted by molar-refractivity contribution is 5.28. The van der Waals surface area contributed by atoms with Gasteiger partial charge in [-0.25, -0.2) is 0 Å². The van der Waals surface area contributed by atoms with Crippen LogP contribution in [0.15, 0.2) is 48.5 Å². The Balaban J connectivity index is 1.26. The Bertz CT molecular complexity index is 899. The van der Waals surface area contributed by atoms with Crippen LogP contribution < -0.4 is 9.47 Å². The van der Waals surface area contributed by atoms with Gasteiger partial charge in [0.1, 0.15) is 11.5 Å². The van der Waals surface area contributed by atoms with Crippen LogP contribution in [0.1, 0.15) is 56.8 Å². The third kappa shape index (κ3) is 5.85. The Kier molecular flexibility index (Phi) is 7.81. The van der Waals surface area contributed by atoms with E-state index in [1.165, 1.54) is 0 Å². The van der Waals surface area contributed by atoms with Crippen LogP contribution >= 0.6 is 0 Å². The molecule has 2 aromatic rings. The van der Waals surface area contributed by atoms with Gasteiger partial charge in [0.25, 0.3) is 0 Å². The first-order valence-corrected chi connectivity index (χ1v) is 12.6. The second-order valence-electron chi connectivity index (χ2n) is 9.83. The molecule has 36 heavy (non-hydrogen) atoms. The Morgan fingerprint density at radius 2 is 1.06 bits per heavy atom. The average molecular weight is 501 g/mol. The molecule has 0 aromatic heterocycles. The molecule has 3 saturated heterocycles. The number of methoxy groups -OCH3 is 2. The van der Waals surface area contributed by atoms with Crippen molar-refractivity contribution in [1.82, 2.24) is 0 Å². The van der Waals surface area contributed by atoms with E-state index in [0.29, 0.717) is 19.6 Å².